The van der Waals surface area contributed by atoms with Gasteiger partial charge in [0.25, 0.3) is 11.5 Å². The third-order valence-corrected chi connectivity index (χ3v) is 3.36. The largest absolute Gasteiger partial charge is 0.394 e. The van der Waals surface area contributed by atoms with Gasteiger partial charge in [-0.05, 0) is 25.3 Å². The Balaban J connectivity index is 2.14. The number of nitrogens with one attached hydrogen (secondary N) is 1. The maximum absolute atomic E-state index is 11.9. The van der Waals surface area contributed by atoms with Crippen molar-refractivity contribution in [3.8, 4) is 0 Å². The van der Waals surface area contributed by atoms with Gasteiger partial charge in [0.2, 0.25) is 0 Å². The number of aliphatic hydroxyl groups excluding tert-OH is 1. The van der Waals surface area contributed by atoms with Crippen LogP contribution in [0.4, 0.5) is 0 Å². The normalized spacial score (nSPS) is 17.3. The van der Waals surface area contributed by atoms with Crippen LogP contribution in [0, 0.1) is 0 Å². The summed E-state index contributed by atoms with van der Waals surface area (Å²) in [5.41, 5.74) is -0.352. The van der Waals surface area contributed by atoms with Crippen LogP contribution in [0.1, 0.15) is 29.6 Å². The van der Waals surface area contributed by atoms with Crippen molar-refractivity contribution < 1.29 is 9.90 Å². The number of hydrogen-bond donors (Lipinski definition) is 2. The van der Waals surface area contributed by atoms with E-state index in [0.29, 0.717) is 5.56 Å². The highest BCUT2D eigenvalue weighted by atomic mass is 16.3. The number of aryl methyl sites for hydroxylation is 1. The van der Waals surface area contributed by atoms with Crippen LogP contribution in [-0.2, 0) is 7.05 Å². The first-order valence-corrected chi connectivity index (χ1v) is 5.66. The molecular weight excluding hydrogens is 220 g/mol. The summed E-state index contributed by atoms with van der Waals surface area (Å²) in [5, 5.41) is 12.1. The summed E-state index contributed by atoms with van der Waals surface area (Å²) >= 11 is 0. The number of nitrogens with zero attached hydrogens (tertiary/aromatic N) is 1. The van der Waals surface area contributed by atoms with E-state index >= 15 is 0 Å². The minimum absolute atomic E-state index is 0.0520. The van der Waals surface area contributed by atoms with Crippen molar-refractivity contribution in [1.29, 1.82) is 0 Å². The SMILES string of the molecule is Cn1ccc(C(=O)NC2(CO)CCC2)cc1=O. The number of pyridine rings is 1. The van der Waals surface area contributed by atoms with E-state index in [0.717, 1.165) is 19.3 Å². The van der Waals surface area contributed by atoms with Crippen LogP contribution in [0.5, 0.6) is 0 Å². The lowest BCUT2D eigenvalue weighted by atomic mass is 9.77. The third-order valence-electron chi connectivity index (χ3n) is 3.36. The van der Waals surface area contributed by atoms with Crippen molar-refractivity contribution in [2.75, 3.05) is 6.61 Å². The zero-order valence-electron chi connectivity index (χ0n) is 9.77. The summed E-state index contributed by atoms with van der Waals surface area (Å²) in [7, 11) is 1.63. The second-order valence-corrected chi connectivity index (χ2v) is 4.61. The van der Waals surface area contributed by atoms with Crippen LogP contribution in [0.3, 0.4) is 0 Å². The van der Waals surface area contributed by atoms with Crippen LogP contribution < -0.4 is 10.9 Å². The number of amides is 1. The van der Waals surface area contributed by atoms with Gasteiger partial charge in [0, 0.05) is 24.9 Å². The second kappa shape index (κ2) is 4.33. The quantitative estimate of drug-likeness (QED) is 0.777. The fraction of sp³-hybridized carbons (Fsp3) is 0.500. The Bertz CT molecular complexity index is 483. The molecule has 0 atom stereocenters. The standard InChI is InChI=1S/C12H16N2O3/c1-14-6-3-9(7-10(14)16)11(17)13-12(8-15)4-2-5-12/h3,6-7,15H,2,4-5,8H2,1H3,(H,13,17). The summed E-state index contributed by atoms with van der Waals surface area (Å²) < 4.78 is 1.40. The first-order chi connectivity index (χ1) is 8.06. The van der Waals surface area contributed by atoms with E-state index in [1.54, 1.807) is 19.3 Å². The molecule has 1 saturated carbocycles. The maximum Gasteiger partial charge on any atom is 0.252 e. The van der Waals surface area contributed by atoms with Crippen molar-refractivity contribution in [2.24, 2.45) is 7.05 Å². The van der Waals surface area contributed by atoms with Gasteiger partial charge in [-0.1, -0.05) is 0 Å². The van der Waals surface area contributed by atoms with Gasteiger partial charge in [-0.25, -0.2) is 0 Å². The molecule has 0 saturated heterocycles. The predicted octanol–water partition coefficient (Wildman–Crippen LogP) is 0.0301. The Morgan fingerprint density at radius 3 is 2.76 bits per heavy atom. The number of aromatic nitrogens is 1. The minimum atomic E-state index is -0.474. The van der Waals surface area contributed by atoms with E-state index in [4.69, 9.17) is 0 Å². The Morgan fingerprint density at radius 1 is 1.59 bits per heavy atom. The van der Waals surface area contributed by atoms with Crippen LogP contribution in [-0.4, -0.2) is 27.7 Å². The number of carbonyl (C=O) groups excluding carboxylic acids is 1. The molecule has 0 spiro atoms. The lowest BCUT2D eigenvalue weighted by Gasteiger charge is -2.40. The van der Waals surface area contributed by atoms with Crippen molar-refractivity contribution in [3.05, 3.63) is 34.2 Å². The van der Waals surface area contributed by atoms with Crippen LogP contribution in [0.2, 0.25) is 0 Å². The lowest BCUT2D eigenvalue weighted by molar-refractivity contribution is 0.0641. The predicted molar refractivity (Wildman–Crippen MR) is 62.8 cm³/mol. The molecule has 0 radical (unpaired) electrons. The second-order valence-electron chi connectivity index (χ2n) is 4.61. The zero-order valence-corrected chi connectivity index (χ0v) is 9.77. The summed E-state index contributed by atoms with van der Waals surface area (Å²) in [6.07, 6.45) is 4.15. The zero-order chi connectivity index (χ0) is 12.5. The van der Waals surface area contributed by atoms with E-state index in [9.17, 15) is 14.7 Å². The van der Waals surface area contributed by atoms with E-state index in [1.807, 2.05) is 0 Å². The van der Waals surface area contributed by atoms with Gasteiger partial charge in [-0.2, -0.15) is 0 Å². The topological polar surface area (TPSA) is 71.3 Å². The highest BCUT2D eigenvalue weighted by Gasteiger charge is 2.37. The molecular formula is C12H16N2O3. The van der Waals surface area contributed by atoms with Crippen LogP contribution in [0.15, 0.2) is 23.1 Å². The van der Waals surface area contributed by atoms with Crippen LogP contribution in [0.25, 0.3) is 0 Å². The fourth-order valence-electron chi connectivity index (χ4n) is 1.93. The summed E-state index contributed by atoms with van der Waals surface area (Å²) in [4.78, 5) is 23.3. The molecule has 17 heavy (non-hydrogen) atoms. The van der Waals surface area contributed by atoms with E-state index in [2.05, 4.69) is 5.32 Å². The van der Waals surface area contributed by atoms with Crippen molar-refractivity contribution in [1.82, 2.24) is 9.88 Å². The van der Waals surface area contributed by atoms with Crippen molar-refractivity contribution >= 4 is 5.91 Å². The van der Waals surface area contributed by atoms with Gasteiger partial charge in [-0.3, -0.25) is 9.59 Å². The van der Waals surface area contributed by atoms with Gasteiger partial charge in [-0.15, -0.1) is 0 Å². The molecule has 1 heterocycles. The molecule has 5 nitrogen and oxygen atoms in total. The van der Waals surface area contributed by atoms with Crippen LogP contribution >= 0.6 is 0 Å². The molecule has 2 rings (SSSR count). The molecule has 1 aromatic heterocycles. The fourth-order valence-corrected chi connectivity index (χ4v) is 1.93. The molecule has 0 aliphatic heterocycles. The molecule has 92 valence electrons. The van der Waals surface area contributed by atoms with E-state index in [-0.39, 0.29) is 18.1 Å². The van der Waals surface area contributed by atoms with Gasteiger partial charge in [0.1, 0.15) is 0 Å². The molecule has 1 aliphatic rings. The molecule has 0 unspecified atom stereocenters. The van der Waals surface area contributed by atoms with Gasteiger partial charge >= 0.3 is 0 Å². The van der Waals surface area contributed by atoms with Crippen molar-refractivity contribution in [3.63, 3.8) is 0 Å². The molecule has 0 bridgehead atoms. The van der Waals surface area contributed by atoms with Gasteiger partial charge in [0.15, 0.2) is 0 Å². The average Bonchev–Trinajstić information content (AvgIpc) is 2.27. The Morgan fingerprint density at radius 2 is 2.29 bits per heavy atom. The first kappa shape index (κ1) is 11.9. The highest BCUT2D eigenvalue weighted by molar-refractivity contribution is 5.94. The molecule has 0 aromatic carbocycles. The molecule has 1 fully saturated rings. The van der Waals surface area contributed by atoms with E-state index < -0.39 is 5.54 Å². The molecule has 1 aliphatic carbocycles. The first-order valence-electron chi connectivity index (χ1n) is 5.66. The Labute approximate surface area is 99.1 Å². The number of aliphatic hydroxyl groups is 1. The number of rotatable bonds is 3. The maximum atomic E-state index is 11.9. The minimum Gasteiger partial charge on any atom is -0.394 e. The lowest BCUT2D eigenvalue weighted by Crippen LogP contribution is -2.56. The molecule has 2 N–H and O–H groups in total. The smallest absolute Gasteiger partial charge is 0.252 e. The summed E-state index contributed by atoms with van der Waals surface area (Å²) in [6.45, 7) is -0.0520. The van der Waals surface area contributed by atoms with Gasteiger partial charge in [0.05, 0.1) is 12.1 Å². The highest BCUT2D eigenvalue weighted by Crippen LogP contribution is 2.31. The number of hydrogen-bond acceptors (Lipinski definition) is 3. The average molecular weight is 236 g/mol. The molecule has 1 amide bonds. The monoisotopic (exact) mass is 236 g/mol. The van der Waals surface area contributed by atoms with Crippen molar-refractivity contribution in [2.45, 2.75) is 24.8 Å². The van der Waals surface area contributed by atoms with Gasteiger partial charge < -0.3 is 15.0 Å². The van der Waals surface area contributed by atoms with E-state index in [1.165, 1.54) is 10.6 Å². The summed E-state index contributed by atoms with van der Waals surface area (Å²) in [5.74, 6) is -0.295. The Hall–Kier alpha value is -1.62. The molecule has 5 heteroatoms. The molecule has 1 aromatic rings. The summed E-state index contributed by atoms with van der Waals surface area (Å²) in [6, 6.07) is 2.90. The Kier molecular flexibility index (Phi) is 3.02. The third kappa shape index (κ3) is 2.24. The number of carbonyl (C=O) groups is 1.